The van der Waals surface area contributed by atoms with E-state index >= 15 is 0 Å². The topological polar surface area (TPSA) is 78.5 Å². The molecule has 1 aromatic carbocycles. The molecule has 0 spiro atoms. The van der Waals surface area contributed by atoms with Crippen molar-refractivity contribution >= 4 is 46.8 Å². The summed E-state index contributed by atoms with van der Waals surface area (Å²) in [6.07, 6.45) is 0.868. The van der Waals surface area contributed by atoms with E-state index in [1.807, 2.05) is 33.8 Å². The molecule has 0 bridgehead atoms. The van der Waals surface area contributed by atoms with Crippen LogP contribution in [0, 0.1) is 6.92 Å². The first-order valence-electron chi connectivity index (χ1n) is 9.10. The van der Waals surface area contributed by atoms with Crippen LogP contribution < -0.4 is 10.6 Å². The van der Waals surface area contributed by atoms with E-state index in [1.165, 1.54) is 16.6 Å². The number of nitrogens with one attached hydrogen (secondary N) is 3. The number of aryl methyl sites for hydroxylation is 1. The SMILES string of the molecule is CCNC(=NCC(=O)OC(C)(C)C)NCCc1c(C)[nH]c2ccccc12.I. The molecule has 0 aliphatic heterocycles. The van der Waals surface area contributed by atoms with Gasteiger partial charge in [0.2, 0.25) is 0 Å². The lowest BCUT2D eigenvalue weighted by Gasteiger charge is -2.19. The summed E-state index contributed by atoms with van der Waals surface area (Å²) in [5.41, 5.74) is 3.15. The third-order valence-corrected chi connectivity index (χ3v) is 3.82. The second-order valence-electron chi connectivity index (χ2n) is 7.23. The van der Waals surface area contributed by atoms with Gasteiger partial charge in [0.05, 0.1) is 0 Å². The van der Waals surface area contributed by atoms with Crippen LogP contribution in [-0.2, 0) is 16.0 Å². The third kappa shape index (κ3) is 7.40. The second-order valence-corrected chi connectivity index (χ2v) is 7.23. The number of aromatic amines is 1. The monoisotopic (exact) mass is 486 g/mol. The van der Waals surface area contributed by atoms with Crippen molar-refractivity contribution in [3.8, 4) is 0 Å². The molecule has 2 aromatic rings. The number of hydrogen-bond acceptors (Lipinski definition) is 3. The van der Waals surface area contributed by atoms with Gasteiger partial charge in [-0.3, -0.25) is 4.79 Å². The highest BCUT2D eigenvalue weighted by Gasteiger charge is 2.16. The molecular weight excluding hydrogens is 455 g/mol. The van der Waals surface area contributed by atoms with E-state index < -0.39 is 5.60 Å². The lowest BCUT2D eigenvalue weighted by molar-refractivity contribution is -0.152. The quantitative estimate of drug-likeness (QED) is 0.253. The summed E-state index contributed by atoms with van der Waals surface area (Å²) in [4.78, 5) is 19.6. The summed E-state index contributed by atoms with van der Waals surface area (Å²) in [5.74, 6) is 0.290. The number of benzene rings is 1. The van der Waals surface area contributed by atoms with Crippen molar-refractivity contribution in [2.45, 2.75) is 46.6 Å². The lowest BCUT2D eigenvalue weighted by atomic mass is 10.1. The number of carbonyl (C=O) groups excluding carboxylic acids is 1. The Hall–Kier alpha value is -1.77. The van der Waals surface area contributed by atoms with Crippen LogP contribution in [0.15, 0.2) is 29.3 Å². The Morgan fingerprint density at radius 3 is 2.59 bits per heavy atom. The minimum atomic E-state index is -0.495. The second kappa shape index (κ2) is 10.5. The fourth-order valence-electron chi connectivity index (χ4n) is 2.82. The Balaban J connectivity index is 0.00000364. The van der Waals surface area contributed by atoms with E-state index in [0.29, 0.717) is 5.96 Å². The van der Waals surface area contributed by atoms with Crippen LogP contribution in [-0.4, -0.2) is 42.1 Å². The normalized spacial score (nSPS) is 11.8. The molecule has 0 saturated heterocycles. The van der Waals surface area contributed by atoms with Gasteiger partial charge < -0.3 is 20.4 Å². The fraction of sp³-hybridized carbons (Fsp3) is 0.500. The number of carbonyl (C=O) groups is 1. The molecular formula is C20H31IN4O2. The number of halogens is 1. The lowest BCUT2D eigenvalue weighted by Crippen LogP contribution is -2.39. The van der Waals surface area contributed by atoms with Crippen molar-refractivity contribution in [3.63, 3.8) is 0 Å². The Labute approximate surface area is 178 Å². The van der Waals surface area contributed by atoms with Gasteiger partial charge in [-0.25, -0.2) is 4.99 Å². The van der Waals surface area contributed by atoms with E-state index in [0.717, 1.165) is 25.0 Å². The van der Waals surface area contributed by atoms with Gasteiger partial charge in [0.25, 0.3) is 0 Å². The first-order chi connectivity index (χ1) is 12.3. The number of rotatable bonds is 6. The molecule has 0 aliphatic rings. The zero-order valence-corrected chi connectivity index (χ0v) is 19.1. The highest BCUT2D eigenvalue weighted by molar-refractivity contribution is 14.0. The van der Waals surface area contributed by atoms with E-state index in [2.05, 4.69) is 45.7 Å². The maximum absolute atomic E-state index is 11.8. The van der Waals surface area contributed by atoms with Crippen LogP contribution in [0.25, 0.3) is 10.9 Å². The number of guanidine groups is 1. The zero-order valence-electron chi connectivity index (χ0n) is 16.8. The summed E-state index contributed by atoms with van der Waals surface area (Å²) < 4.78 is 5.29. The van der Waals surface area contributed by atoms with E-state index in [4.69, 9.17) is 4.74 Å². The highest BCUT2D eigenvalue weighted by Crippen LogP contribution is 2.21. The summed E-state index contributed by atoms with van der Waals surface area (Å²) >= 11 is 0. The van der Waals surface area contributed by atoms with Crippen LogP contribution in [0.4, 0.5) is 0 Å². The first-order valence-corrected chi connectivity index (χ1v) is 9.10. The minimum absolute atomic E-state index is 0. The van der Waals surface area contributed by atoms with Crippen molar-refractivity contribution in [1.29, 1.82) is 0 Å². The van der Waals surface area contributed by atoms with Crippen LogP contribution >= 0.6 is 24.0 Å². The highest BCUT2D eigenvalue weighted by atomic mass is 127. The van der Waals surface area contributed by atoms with Crippen molar-refractivity contribution < 1.29 is 9.53 Å². The molecule has 0 fully saturated rings. The van der Waals surface area contributed by atoms with Gasteiger partial charge in [-0.2, -0.15) is 0 Å². The number of ether oxygens (including phenoxy) is 1. The number of H-pyrrole nitrogens is 1. The first kappa shape index (κ1) is 23.3. The van der Waals surface area contributed by atoms with Gasteiger partial charge in [0, 0.05) is 29.7 Å². The largest absolute Gasteiger partial charge is 0.459 e. The van der Waals surface area contributed by atoms with E-state index in [9.17, 15) is 4.79 Å². The predicted molar refractivity (Wildman–Crippen MR) is 122 cm³/mol. The molecule has 150 valence electrons. The standard InChI is InChI=1S/C20H30N4O2.HI/c1-6-21-19(23-13-18(25)26-20(3,4)5)22-12-11-15-14(2)24-17-10-8-7-9-16(15)17;/h7-10,24H,6,11-13H2,1-5H3,(H2,21,22,23);1H. The van der Waals surface area contributed by atoms with Gasteiger partial charge in [0.15, 0.2) is 5.96 Å². The molecule has 3 N–H and O–H groups in total. The average molecular weight is 486 g/mol. The molecule has 1 heterocycles. The number of esters is 1. The number of hydrogen-bond donors (Lipinski definition) is 3. The molecule has 1 aromatic heterocycles. The maximum atomic E-state index is 11.8. The number of fused-ring (bicyclic) bond motifs is 1. The summed E-state index contributed by atoms with van der Waals surface area (Å²) in [6.45, 7) is 11.1. The molecule has 0 atom stereocenters. The summed E-state index contributed by atoms with van der Waals surface area (Å²) in [5, 5.41) is 7.69. The van der Waals surface area contributed by atoms with Crippen LogP contribution in [0.1, 0.15) is 39.0 Å². The Morgan fingerprint density at radius 1 is 1.22 bits per heavy atom. The van der Waals surface area contributed by atoms with Gasteiger partial charge in [-0.1, -0.05) is 18.2 Å². The van der Waals surface area contributed by atoms with Crippen molar-refractivity contribution in [2.75, 3.05) is 19.6 Å². The Bertz CT molecular complexity index is 778. The number of aromatic nitrogens is 1. The van der Waals surface area contributed by atoms with Crippen molar-refractivity contribution in [2.24, 2.45) is 4.99 Å². The van der Waals surface area contributed by atoms with Crippen LogP contribution in [0.2, 0.25) is 0 Å². The van der Waals surface area contributed by atoms with E-state index in [1.54, 1.807) is 0 Å². The molecule has 0 aliphatic carbocycles. The zero-order chi connectivity index (χ0) is 19.2. The fourth-order valence-corrected chi connectivity index (χ4v) is 2.82. The molecule has 0 saturated carbocycles. The maximum Gasteiger partial charge on any atom is 0.328 e. The Kier molecular flexibility index (Phi) is 9.08. The summed E-state index contributed by atoms with van der Waals surface area (Å²) in [7, 11) is 0. The summed E-state index contributed by atoms with van der Waals surface area (Å²) in [6, 6.07) is 8.31. The van der Waals surface area contributed by atoms with E-state index in [-0.39, 0.29) is 36.5 Å². The third-order valence-electron chi connectivity index (χ3n) is 3.82. The average Bonchev–Trinajstić information content (AvgIpc) is 2.87. The minimum Gasteiger partial charge on any atom is -0.459 e. The number of aliphatic imine (C=N–C) groups is 1. The molecule has 0 unspecified atom stereocenters. The van der Waals surface area contributed by atoms with Gasteiger partial charge in [-0.05, 0) is 52.7 Å². The predicted octanol–water partition coefficient (Wildman–Crippen LogP) is 3.53. The van der Waals surface area contributed by atoms with Crippen molar-refractivity contribution in [3.05, 3.63) is 35.5 Å². The molecule has 7 heteroatoms. The molecule has 27 heavy (non-hydrogen) atoms. The number of para-hydroxylation sites is 1. The van der Waals surface area contributed by atoms with Crippen molar-refractivity contribution in [1.82, 2.24) is 15.6 Å². The number of nitrogens with zero attached hydrogens (tertiary/aromatic N) is 1. The van der Waals surface area contributed by atoms with Crippen LogP contribution in [0.3, 0.4) is 0 Å². The van der Waals surface area contributed by atoms with Crippen LogP contribution in [0.5, 0.6) is 0 Å². The molecule has 0 amide bonds. The van der Waals surface area contributed by atoms with Gasteiger partial charge in [-0.15, -0.1) is 24.0 Å². The molecule has 2 rings (SSSR count). The van der Waals surface area contributed by atoms with Gasteiger partial charge >= 0.3 is 5.97 Å². The molecule has 0 radical (unpaired) electrons. The Morgan fingerprint density at radius 2 is 1.93 bits per heavy atom. The van der Waals surface area contributed by atoms with Gasteiger partial charge in [0.1, 0.15) is 12.1 Å². The molecule has 6 nitrogen and oxygen atoms in total. The smallest absolute Gasteiger partial charge is 0.328 e.